The Balaban J connectivity index is 2.23. The minimum Gasteiger partial charge on any atom is -0.100 e. The van der Waals surface area contributed by atoms with E-state index in [1.165, 1.54) is 43.3 Å². The zero-order valence-corrected chi connectivity index (χ0v) is 8.23. The maximum Gasteiger partial charge on any atom is -0.0206 e. The van der Waals surface area contributed by atoms with Crippen LogP contribution in [-0.4, -0.2) is 0 Å². The molecule has 1 aliphatic rings. The molecule has 12 heavy (non-hydrogen) atoms. The smallest absolute Gasteiger partial charge is 0.0206 e. The lowest BCUT2D eigenvalue weighted by molar-refractivity contribution is 0.612. The molecule has 1 aliphatic carbocycles. The summed E-state index contributed by atoms with van der Waals surface area (Å²) in [5.41, 5.74) is 2.75. The molecule has 0 amide bonds. The van der Waals surface area contributed by atoms with E-state index in [9.17, 15) is 0 Å². The van der Waals surface area contributed by atoms with E-state index < -0.39 is 0 Å². The second-order valence-corrected chi connectivity index (χ2v) is 4.10. The van der Waals surface area contributed by atoms with Crippen LogP contribution in [0.2, 0.25) is 0 Å². The zero-order valence-electron chi connectivity index (χ0n) is 8.23. The van der Waals surface area contributed by atoms with Crippen molar-refractivity contribution < 1.29 is 0 Å². The van der Waals surface area contributed by atoms with Gasteiger partial charge in [0.1, 0.15) is 0 Å². The molecule has 0 aromatic heterocycles. The topological polar surface area (TPSA) is 0 Å². The van der Waals surface area contributed by atoms with Crippen molar-refractivity contribution >= 4 is 0 Å². The molecule has 0 aromatic carbocycles. The van der Waals surface area contributed by atoms with E-state index in [0.29, 0.717) is 0 Å². The van der Waals surface area contributed by atoms with Gasteiger partial charge in [0.15, 0.2) is 0 Å². The number of rotatable bonds is 4. The first kappa shape index (κ1) is 9.57. The zero-order chi connectivity index (χ0) is 8.97. The highest BCUT2D eigenvalue weighted by molar-refractivity contribution is 5.05. The second-order valence-electron chi connectivity index (χ2n) is 4.10. The van der Waals surface area contributed by atoms with Crippen LogP contribution in [0.15, 0.2) is 24.3 Å². The fourth-order valence-corrected chi connectivity index (χ4v) is 1.91. The highest BCUT2D eigenvalue weighted by atomic mass is 14.2. The Hall–Kier alpha value is -0.520. The lowest BCUT2D eigenvalue weighted by atomic mass is 9.94. The molecule has 68 valence electrons. The van der Waals surface area contributed by atoms with Crippen LogP contribution >= 0.6 is 0 Å². The predicted octanol–water partition coefficient (Wildman–Crippen LogP) is 4.09. The highest BCUT2D eigenvalue weighted by Crippen LogP contribution is 2.32. The van der Waals surface area contributed by atoms with Crippen LogP contribution in [0.25, 0.3) is 0 Å². The molecule has 0 radical (unpaired) electrons. The molecule has 0 N–H and O–H groups in total. The van der Waals surface area contributed by atoms with Gasteiger partial charge in [0.05, 0.1) is 0 Å². The van der Waals surface area contributed by atoms with Gasteiger partial charge in [-0.05, 0) is 38.5 Å². The van der Waals surface area contributed by atoms with Crippen molar-refractivity contribution in [2.75, 3.05) is 0 Å². The quantitative estimate of drug-likeness (QED) is 0.549. The minimum atomic E-state index is 0.837. The van der Waals surface area contributed by atoms with Crippen LogP contribution < -0.4 is 0 Å². The molecule has 1 saturated carbocycles. The van der Waals surface area contributed by atoms with Crippen LogP contribution in [0.3, 0.4) is 0 Å². The fourth-order valence-electron chi connectivity index (χ4n) is 1.91. The van der Waals surface area contributed by atoms with Gasteiger partial charge in [0.25, 0.3) is 0 Å². The molecular formula is C12H20. The third kappa shape index (κ3) is 2.84. The molecular weight excluding hydrogens is 144 g/mol. The summed E-state index contributed by atoms with van der Waals surface area (Å²) >= 11 is 0. The third-order valence-corrected chi connectivity index (χ3v) is 2.81. The van der Waals surface area contributed by atoms with Gasteiger partial charge in [0, 0.05) is 0 Å². The van der Waals surface area contributed by atoms with Crippen molar-refractivity contribution in [1.82, 2.24) is 0 Å². The molecule has 0 aliphatic heterocycles. The summed E-state index contributed by atoms with van der Waals surface area (Å²) < 4.78 is 0. The summed E-state index contributed by atoms with van der Waals surface area (Å²) in [4.78, 5) is 0. The van der Waals surface area contributed by atoms with Crippen LogP contribution in [0.5, 0.6) is 0 Å². The Morgan fingerprint density at radius 2 is 1.75 bits per heavy atom. The van der Waals surface area contributed by atoms with Crippen LogP contribution in [0.4, 0.5) is 0 Å². The maximum atomic E-state index is 4.17. The number of allylic oxidation sites excluding steroid dienone is 2. The van der Waals surface area contributed by atoms with Crippen molar-refractivity contribution in [1.29, 1.82) is 0 Å². The van der Waals surface area contributed by atoms with Gasteiger partial charge >= 0.3 is 0 Å². The lowest BCUT2D eigenvalue weighted by Crippen LogP contribution is -1.97. The Kier molecular flexibility index (Phi) is 3.58. The monoisotopic (exact) mass is 164 g/mol. The molecule has 0 bridgehead atoms. The molecule has 0 atom stereocenters. The van der Waals surface area contributed by atoms with Gasteiger partial charge in [-0.3, -0.25) is 0 Å². The normalized spacial score (nSPS) is 18.1. The molecule has 0 nitrogen and oxygen atoms in total. The van der Waals surface area contributed by atoms with Crippen molar-refractivity contribution in [2.24, 2.45) is 5.92 Å². The SMILES string of the molecule is C=C(C)CCC(=C)C1CCCC1. The van der Waals surface area contributed by atoms with E-state index in [1.54, 1.807) is 0 Å². The third-order valence-electron chi connectivity index (χ3n) is 2.81. The van der Waals surface area contributed by atoms with E-state index in [1.807, 2.05) is 0 Å². The van der Waals surface area contributed by atoms with Crippen molar-refractivity contribution in [3.8, 4) is 0 Å². The highest BCUT2D eigenvalue weighted by Gasteiger charge is 2.17. The van der Waals surface area contributed by atoms with Gasteiger partial charge in [-0.1, -0.05) is 30.6 Å². The van der Waals surface area contributed by atoms with Gasteiger partial charge < -0.3 is 0 Å². The van der Waals surface area contributed by atoms with E-state index in [0.717, 1.165) is 12.3 Å². The fraction of sp³-hybridized carbons (Fsp3) is 0.667. The summed E-state index contributed by atoms with van der Waals surface area (Å²) in [5.74, 6) is 0.837. The molecule has 1 fully saturated rings. The standard InChI is InChI=1S/C12H20/c1-10(2)8-9-11(3)12-6-4-5-7-12/h12H,1,3-9H2,2H3. The van der Waals surface area contributed by atoms with Crippen molar-refractivity contribution in [3.05, 3.63) is 24.3 Å². The Labute approximate surface area is 76.4 Å². The summed E-state index contributed by atoms with van der Waals surface area (Å²) in [7, 11) is 0. The van der Waals surface area contributed by atoms with Crippen molar-refractivity contribution in [3.63, 3.8) is 0 Å². The number of hydrogen-bond acceptors (Lipinski definition) is 0. The second kappa shape index (κ2) is 4.49. The molecule has 0 heteroatoms. The lowest BCUT2D eigenvalue weighted by Gasteiger charge is -2.12. The van der Waals surface area contributed by atoms with Crippen molar-refractivity contribution in [2.45, 2.75) is 45.4 Å². The molecule has 0 saturated heterocycles. The van der Waals surface area contributed by atoms with Crippen LogP contribution in [-0.2, 0) is 0 Å². The van der Waals surface area contributed by atoms with E-state index in [2.05, 4.69) is 20.1 Å². The Morgan fingerprint density at radius 1 is 1.17 bits per heavy atom. The minimum absolute atomic E-state index is 0.837. The summed E-state index contributed by atoms with van der Waals surface area (Å²) in [6, 6.07) is 0. The van der Waals surface area contributed by atoms with Crippen LogP contribution in [0.1, 0.15) is 45.4 Å². The van der Waals surface area contributed by atoms with Gasteiger partial charge in [-0.2, -0.15) is 0 Å². The Morgan fingerprint density at radius 3 is 2.25 bits per heavy atom. The van der Waals surface area contributed by atoms with E-state index in [4.69, 9.17) is 0 Å². The average molecular weight is 164 g/mol. The average Bonchev–Trinajstić information content (AvgIpc) is 2.51. The van der Waals surface area contributed by atoms with E-state index in [-0.39, 0.29) is 0 Å². The Bertz CT molecular complexity index is 170. The largest absolute Gasteiger partial charge is 0.100 e. The molecule has 0 heterocycles. The predicted molar refractivity (Wildman–Crippen MR) is 55.1 cm³/mol. The van der Waals surface area contributed by atoms with Gasteiger partial charge in [-0.25, -0.2) is 0 Å². The van der Waals surface area contributed by atoms with E-state index >= 15 is 0 Å². The first-order chi connectivity index (χ1) is 5.70. The first-order valence-corrected chi connectivity index (χ1v) is 5.02. The molecule has 0 aromatic rings. The first-order valence-electron chi connectivity index (χ1n) is 5.02. The van der Waals surface area contributed by atoms with Crippen LogP contribution in [0, 0.1) is 5.92 Å². The maximum absolute atomic E-state index is 4.17. The summed E-state index contributed by atoms with van der Waals surface area (Å²) in [6.07, 6.45) is 7.90. The summed E-state index contributed by atoms with van der Waals surface area (Å²) in [5, 5.41) is 0. The van der Waals surface area contributed by atoms with Gasteiger partial charge in [0.2, 0.25) is 0 Å². The molecule has 1 rings (SSSR count). The molecule has 0 unspecified atom stereocenters. The summed E-state index contributed by atoms with van der Waals surface area (Å²) in [6.45, 7) is 10.2. The van der Waals surface area contributed by atoms with Gasteiger partial charge in [-0.15, -0.1) is 6.58 Å². The number of hydrogen-bond donors (Lipinski definition) is 0. The molecule has 0 spiro atoms.